The lowest BCUT2D eigenvalue weighted by Gasteiger charge is -1.98. The Morgan fingerprint density at radius 1 is 1.00 bits per heavy atom. The van der Waals surface area contributed by atoms with Gasteiger partial charge in [0.1, 0.15) is 6.26 Å². The molecule has 0 saturated heterocycles. The predicted molar refractivity (Wildman–Crippen MR) is 55.5 cm³/mol. The van der Waals surface area contributed by atoms with E-state index in [9.17, 15) is 0 Å². The molecule has 0 saturated carbocycles. The molecule has 0 aliphatic rings. The number of unbranched alkanes of at least 4 members (excludes halogenated alkanes) is 7. The summed E-state index contributed by atoms with van der Waals surface area (Å²) in [5.41, 5.74) is 0. The third kappa shape index (κ3) is 11.5. The van der Waals surface area contributed by atoms with Gasteiger partial charge in [0.05, 0.1) is 0 Å². The Balaban J connectivity index is 2.87. The molecule has 0 radical (unpaired) electrons. The smallest absolute Gasteiger partial charge is 0.125 e. The summed E-state index contributed by atoms with van der Waals surface area (Å²) in [6.45, 7) is 2.24. The van der Waals surface area contributed by atoms with Crippen LogP contribution in [0.15, 0.2) is 12.3 Å². The van der Waals surface area contributed by atoms with Crippen LogP contribution in [0.4, 0.5) is 0 Å². The van der Waals surface area contributed by atoms with Gasteiger partial charge in [-0.25, -0.2) is 5.26 Å². The Hall–Kier alpha value is -0.500. The molecular formula is C11H22O2. The maximum Gasteiger partial charge on any atom is 0.125 e. The number of hydrogen-bond donors (Lipinski definition) is 1. The molecule has 2 nitrogen and oxygen atoms in total. The minimum absolute atomic E-state index is 1.01. The second kappa shape index (κ2) is 11.5. The largest absolute Gasteiger partial charge is 0.349 e. The van der Waals surface area contributed by atoms with Crippen molar-refractivity contribution in [2.75, 3.05) is 0 Å². The van der Waals surface area contributed by atoms with Crippen molar-refractivity contribution < 1.29 is 10.1 Å². The van der Waals surface area contributed by atoms with Crippen molar-refractivity contribution in [3.8, 4) is 0 Å². The molecule has 0 aliphatic heterocycles. The molecule has 0 aliphatic carbocycles. The average molecular weight is 186 g/mol. The van der Waals surface area contributed by atoms with Crippen LogP contribution in [0, 0.1) is 0 Å². The van der Waals surface area contributed by atoms with Gasteiger partial charge in [-0.1, -0.05) is 45.4 Å². The van der Waals surface area contributed by atoms with E-state index in [0.717, 1.165) is 6.42 Å². The number of allylic oxidation sites excluding steroid dienone is 1. The summed E-state index contributed by atoms with van der Waals surface area (Å²) in [6.07, 6.45) is 13.5. The second-order valence-corrected chi connectivity index (χ2v) is 3.39. The average Bonchev–Trinajstić information content (AvgIpc) is 2.16. The van der Waals surface area contributed by atoms with Gasteiger partial charge in [-0.2, -0.15) is 0 Å². The standard InChI is InChI=1S/C11H22O2/c1-2-3-4-5-6-7-8-9-10-11-13-12/h10-12H,2-9H2,1H3. The fourth-order valence-corrected chi connectivity index (χ4v) is 1.33. The van der Waals surface area contributed by atoms with Crippen LogP contribution >= 0.6 is 0 Å². The van der Waals surface area contributed by atoms with Gasteiger partial charge in [0.2, 0.25) is 0 Å². The van der Waals surface area contributed by atoms with Crippen molar-refractivity contribution >= 4 is 0 Å². The predicted octanol–water partition coefficient (Wildman–Crippen LogP) is 4.13. The molecule has 0 heterocycles. The van der Waals surface area contributed by atoms with E-state index in [-0.39, 0.29) is 0 Å². The highest BCUT2D eigenvalue weighted by Gasteiger charge is 1.88. The van der Waals surface area contributed by atoms with Gasteiger partial charge in [-0.05, 0) is 18.9 Å². The molecule has 1 N–H and O–H groups in total. The molecule has 0 bridgehead atoms. The topological polar surface area (TPSA) is 29.5 Å². The van der Waals surface area contributed by atoms with Crippen molar-refractivity contribution in [2.24, 2.45) is 0 Å². The molecule has 2 heteroatoms. The van der Waals surface area contributed by atoms with E-state index in [1.165, 1.54) is 51.2 Å². The number of rotatable bonds is 9. The highest BCUT2D eigenvalue weighted by atomic mass is 17.1. The zero-order valence-electron chi connectivity index (χ0n) is 8.67. The highest BCUT2D eigenvalue weighted by Crippen LogP contribution is 2.08. The molecule has 0 rings (SSSR count). The lowest BCUT2D eigenvalue weighted by atomic mass is 10.1. The Bertz CT molecular complexity index is 111. The summed E-state index contributed by atoms with van der Waals surface area (Å²) in [6, 6.07) is 0. The molecule has 0 aromatic rings. The summed E-state index contributed by atoms with van der Waals surface area (Å²) in [7, 11) is 0. The molecule has 13 heavy (non-hydrogen) atoms. The zero-order valence-corrected chi connectivity index (χ0v) is 8.67. The minimum Gasteiger partial charge on any atom is -0.349 e. The van der Waals surface area contributed by atoms with E-state index in [1.807, 2.05) is 6.08 Å². The molecule has 0 fully saturated rings. The maximum absolute atomic E-state index is 7.98. The third-order valence-corrected chi connectivity index (χ3v) is 2.13. The Kier molecular flexibility index (Phi) is 11.1. The molecular weight excluding hydrogens is 164 g/mol. The van der Waals surface area contributed by atoms with Crippen molar-refractivity contribution in [2.45, 2.75) is 58.3 Å². The minimum atomic E-state index is 1.01. The highest BCUT2D eigenvalue weighted by molar-refractivity contribution is 4.71. The van der Waals surface area contributed by atoms with E-state index in [4.69, 9.17) is 5.26 Å². The van der Waals surface area contributed by atoms with Crippen LogP contribution < -0.4 is 0 Å². The van der Waals surface area contributed by atoms with Crippen LogP contribution in [0.25, 0.3) is 0 Å². The summed E-state index contributed by atoms with van der Waals surface area (Å²) in [4.78, 5) is 3.82. The summed E-state index contributed by atoms with van der Waals surface area (Å²) >= 11 is 0. The van der Waals surface area contributed by atoms with E-state index in [2.05, 4.69) is 11.8 Å². The van der Waals surface area contributed by atoms with Crippen molar-refractivity contribution in [1.82, 2.24) is 0 Å². The van der Waals surface area contributed by atoms with Crippen molar-refractivity contribution in [3.05, 3.63) is 12.3 Å². The quantitative estimate of drug-likeness (QED) is 0.254. The van der Waals surface area contributed by atoms with Gasteiger partial charge in [0.25, 0.3) is 0 Å². The van der Waals surface area contributed by atoms with Crippen LogP contribution in [-0.4, -0.2) is 5.26 Å². The van der Waals surface area contributed by atoms with Crippen molar-refractivity contribution in [1.29, 1.82) is 0 Å². The molecule has 0 unspecified atom stereocenters. The Labute approximate surface area is 81.5 Å². The van der Waals surface area contributed by atoms with Crippen LogP contribution in [0.2, 0.25) is 0 Å². The van der Waals surface area contributed by atoms with Crippen LogP contribution in [0.5, 0.6) is 0 Å². The van der Waals surface area contributed by atoms with E-state index in [1.54, 1.807) is 0 Å². The molecule has 0 spiro atoms. The maximum atomic E-state index is 7.98. The normalized spacial score (nSPS) is 10.9. The van der Waals surface area contributed by atoms with Crippen molar-refractivity contribution in [3.63, 3.8) is 0 Å². The SMILES string of the molecule is CCCCCCCCCC=COO. The third-order valence-electron chi connectivity index (χ3n) is 2.13. The zero-order chi connectivity index (χ0) is 9.78. The second-order valence-electron chi connectivity index (χ2n) is 3.39. The van der Waals surface area contributed by atoms with Gasteiger partial charge in [0, 0.05) is 0 Å². The first kappa shape index (κ1) is 12.5. The Morgan fingerprint density at radius 2 is 1.62 bits per heavy atom. The van der Waals surface area contributed by atoms with E-state index < -0.39 is 0 Å². The van der Waals surface area contributed by atoms with E-state index >= 15 is 0 Å². The van der Waals surface area contributed by atoms with Crippen LogP contribution in [0.1, 0.15) is 58.3 Å². The van der Waals surface area contributed by atoms with E-state index in [0.29, 0.717) is 0 Å². The Morgan fingerprint density at radius 3 is 2.23 bits per heavy atom. The van der Waals surface area contributed by atoms with Crippen LogP contribution in [0.3, 0.4) is 0 Å². The first-order chi connectivity index (χ1) is 6.41. The summed E-state index contributed by atoms with van der Waals surface area (Å²) in [5.74, 6) is 0. The fourth-order valence-electron chi connectivity index (χ4n) is 1.33. The molecule has 0 amide bonds. The van der Waals surface area contributed by atoms with Gasteiger partial charge in [0.15, 0.2) is 0 Å². The number of hydrogen-bond acceptors (Lipinski definition) is 2. The lowest BCUT2D eigenvalue weighted by Crippen LogP contribution is -1.79. The summed E-state index contributed by atoms with van der Waals surface area (Å²) < 4.78 is 0. The van der Waals surface area contributed by atoms with Gasteiger partial charge in [-0.3, -0.25) is 0 Å². The first-order valence-corrected chi connectivity index (χ1v) is 5.37. The van der Waals surface area contributed by atoms with Gasteiger partial charge >= 0.3 is 0 Å². The molecule has 0 atom stereocenters. The lowest BCUT2D eigenvalue weighted by molar-refractivity contribution is -0.186. The monoisotopic (exact) mass is 186 g/mol. The van der Waals surface area contributed by atoms with Crippen LogP contribution in [-0.2, 0) is 4.89 Å². The van der Waals surface area contributed by atoms with Gasteiger partial charge in [-0.15, -0.1) is 0 Å². The fraction of sp³-hybridized carbons (Fsp3) is 0.818. The molecule has 0 aromatic carbocycles. The first-order valence-electron chi connectivity index (χ1n) is 5.37. The summed E-state index contributed by atoms with van der Waals surface area (Å²) in [5, 5.41) is 7.98. The molecule has 0 aromatic heterocycles. The van der Waals surface area contributed by atoms with Gasteiger partial charge < -0.3 is 4.89 Å². The molecule has 78 valence electrons.